The molecule has 0 saturated heterocycles. The number of hydrogen-bond donors (Lipinski definition) is 2. The quantitative estimate of drug-likeness (QED) is 0.864. The highest BCUT2D eigenvalue weighted by molar-refractivity contribution is 5.97. The Hall–Kier alpha value is -2.37. The van der Waals surface area contributed by atoms with Gasteiger partial charge in [-0.25, -0.2) is 0 Å². The second-order valence-electron chi connectivity index (χ2n) is 4.34. The number of hydrogen-bond acceptors (Lipinski definition) is 4. The molecule has 0 saturated carbocycles. The number of nitrogens with zero attached hydrogens (tertiary/aromatic N) is 3. The van der Waals surface area contributed by atoms with Crippen molar-refractivity contribution >= 4 is 11.6 Å². The summed E-state index contributed by atoms with van der Waals surface area (Å²) in [5, 5.41) is 6.78. The van der Waals surface area contributed by atoms with Crippen LogP contribution in [0.5, 0.6) is 0 Å². The van der Waals surface area contributed by atoms with Gasteiger partial charge in [0, 0.05) is 26.0 Å². The minimum absolute atomic E-state index is 0.197. The third kappa shape index (κ3) is 2.73. The molecule has 0 spiro atoms. The van der Waals surface area contributed by atoms with Crippen LogP contribution in [0.1, 0.15) is 28.7 Å². The zero-order valence-electron chi connectivity index (χ0n) is 11.1. The Labute approximate surface area is 111 Å². The molecule has 0 aliphatic rings. The molecule has 2 aromatic heterocycles. The lowest BCUT2D eigenvalue weighted by molar-refractivity contribution is 0.0780. The molecule has 100 valence electrons. The number of aromatic nitrogens is 3. The van der Waals surface area contributed by atoms with Gasteiger partial charge >= 0.3 is 0 Å². The fraction of sp³-hybridized carbons (Fsp3) is 0.308. The molecule has 0 atom stereocenters. The van der Waals surface area contributed by atoms with E-state index in [2.05, 4.69) is 15.2 Å². The molecule has 2 aromatic rings. The van der Waals surface area contributed by atoms with E-state index in [9.17, 15) is 4.79 Å². The molecule has 6 nitrogen and oxygen atoms in total. The summed E-state index contributed by atoms with van der Waals surface area (Å²) in [4.78, 5) is 17.8. The largest absolute Gasteiger partial charge is 0.395 e. The van der Waals surface area contributed by atoms with E-state index in [-0.39, 0.29) is 11.6 Å². The van der Waals surface area contributed by atoms with Crippen molar-refractivity contribution in [1.29, 1.82) is 0 Å². The zero-order valence-corrected chi connectivity index (χ0v) is 11.1. The smallest absolute Gasteiger partial charge is 0.276 e. The summed E-state index contributed by atoms with van der Waals surface area (Å²) in [7, 11) is 1.72. The van der Waals surface area contributed by atoms with Crippen LogP contribution in [0.3, 0.4) is 0 Å². The van der Waals surface area contributed by atoms with Crippen molar-refractivity contribution in [2.24, 2.45) is 0 Å². The third-order valence-corrected chi connectivity index (χ3v) is 2.93. The lowest BCUT2D eigenvalue weighted by Gasteiger charge is -2.16. The summed E-state index contributed by atoms with van der Waals surface area (Å²) in [5.41, 5.74) is 8.36. The molecule has 0 unspecified atom stereocenters. The van der Waals surface area contributed by atoms with Gasteiger partial charge in [0.15, 0.2) is 5.69 Å². The van der Waals surface area contributed by atoms with E-state index in [1.165, 1.54) is 0 Å². The summed E-state index contributed by atoms with van der Waals surface area (Å²) in [6.07, 6.45) is 4.15. The maximum atomic E-state index is 12.2. The van der Waals surface area contributed by atoms with E-state index in [0.717, 1.165) is 17.7 Å². The number of carbonyl (C=O) groups is 1. The second-order valence-corrected chi connectivity index (χ2v) is 4.34. The van der Waals surface area contributed by atoms with Gasteiger partial charge in [0.25, 0.3) is 5.91 Å². The van der Waals surface area contributed by atoms with Crippen LogP contribution < -0.4 is 5.73 Å². The highest BCUT2D eigenvalue weighted by atomic mass is 16.2. The van der Waals surface area contributed by atoms with Gasteiger partial charge in [0.1, 0.15) is 0 Å². The number of pyridine rings is 1. The maximum absolute atomic E-state index is 12.2. The van der Waals surface area contributed by atoms with Crippen LogP contribution in [-0.2, 0) is 13.0 Å². The number of nitrogen functional groups attached to an aromatic ring is 1. The summed E-state index contributed by atoms with van der Waals surface area (Å²) in [6, 6.07) is 3.76. The molecular weight excluding hydrogens is 242 g/mol. The monoisotopic (exact) mass is 259 g/mol. The molecule has 0 radical (unpaired) electrons. The van der Waals surface area contributed by atoms with E-state index in [1.807, 2.05) is 19.1 Å². The molecule has 0 aliphatic carbocycles. The first kappa shape index (κ1) is 13.1. The number of amides is 1. The van der Waals surface area contributed by atoms with Crippen LogP contribution in [0.25, 0.3) is 0 Å². The van der Waals surface area contributed by atoms with Crippen molar-refractivity contribution in [3.8, 4) is 0 Å². The topological polar surface area (TPSA) is 87.9 Å². The molecule has 2 heterocycles. The van der Waals surface area contributed by atoms with E-state index < -0.39 is 0 Å². The maximum Gasteiger partial charge on any atom is 0.276 e. The first-order valence-corrected chi connectivity index (χ1v) is 6.10. The minimum atomic E-state index is -0.197. The first-order valence-electron chi connectivity index (χ1n) is 6.10. The van der Waals surface area contributed by atoms with Crippen molar-refractivity contribution in [2.75, 3.05) is 12.8 Å². The fourth-order valence-corrected chi connectivity index (χ4v) is 1.84. The molecule has 2 rings (SSSR count). The molecule has 6 heteroatoms. The highest BCUT2D eigenvalue weighted by Crippen LogP contribution is 2.16. The van der Waals surface area contributed by atoms with Gasteiger partial charge in [0.05, 0.1) is 11.4 Å². The van der Waals surface area contributed by atoms with Crippen LogP contribution in [0.4, 0.5) is 5.69 Å². The van der Waals surface area contributed by atoms with Crippen molar-refractivity contribution in [3.63, 3.8) is 0 Å². The molecular formula is C13H17N5O. The summed E-state index contributed by atoms with van der Waals surface area (Å²) in [5.74, 6) is -0.197. The van der Waals surface area contributed by atoms with E-state index in [0.29, 0.717) is 12.2 Å². The van der Waals surface area contributed by atoms with Gasteiger partial charge in [-0.1, -0.05) is 13.0 Å². The van der Waals surface area contributed by atoms with Gasteiger partial charge in [-0.3, -0.25) is 14.9 Å². The van der Waals surface area contributed by atoms with E-state index in [1.54, 1.807) is 24.3 Å². The molecule has 0 fully saturated rings. The van der Waals surface area contributed by atoms with Crippen LogP contribution in [-0.4, -0.2) is 33.0 Å². The normalized spacial score (nSPS) is 10.4. The molecule has 0 aromatic carbocycles. The Morgan fingerprint density at radius 2 is 2.32 bits per heavy atom. The van der Waals surface area contributed by atoms with E-state index >= 15 is 0 Å². The van der Waals surface area contributed by atoms with Crippen molar-refractivity contribution in [1.82, 2.24) is 20.1 Å². The molecule has 3 N–H and O–H groups in total. The number of rotatable bonds is 4. The summed E-state index contributed by atoms with van der Waals surface area (Å²) in [6.45, 7) is 2.43. The van der Waals surface area contributed by atoms with Crippen LogP contribution in [0.2, 0.25) is 0 Å². The van der Waals surface area contributed by atoms with Gasteiger partial charge in [-0.2, -0.15) is 5.10 Å². The summed E-state index contributed by atoms with van der Waals surface area (Å²) < 4.78 is 0. The van der Waals surface area contributed by atoms with E-state index in [4.69, 9.17) is 5.73 Å². The standard InChI is InChI=1S/C13H17N5O/c1-3-10-11(14)12(17-16-10)13(19)18(2)8-9-5-4-6-15-7-9/h4-7H,3,8,14H2,1-2H3,(H,16,17). The first-order chi connectivity index (χ1) is 9.13. The van der Waals surface area contributed by atoms with Gasteiger partial charge in [-0.15, -0.1) is 0 Å². The number of nitrogens with one attached hydrogen (secondary N) is 1. The Balaban J connectivity index is 2.13. The minimum Gasteiger partial charge on any atom is -0.395 e. The number of anilines is 1. The van der Waals surface area contributed by atoms with Crippen molar-refractivity contribution in [2.45, 2.75) is 19.9 Å². The van der Waals surface area contributed by atoms with Gasteiger partial charge in [0.2, 0.25) is 0 Å². The predicted octanol–water partition coefficient (Wildman–Crippen LogP) is 1.22. The Morgan fingerprint density at radius 3 is 2.89 bits per heavy atom. The number of carbonyl (C=O) groups excluding carboxylic acids is 1. The Morgan fingerprint density at radius 1 is 1.53 bits per heavy atom. The fourth-order valence-electron chi connectivity index (χ4n) is 1.84. The molecule has 0 bridgehead atoms. The summed E-state index contributed by atoms with van der Waals surface area (Å²) >= 11 is 0. The Bertz CT molecular complexity index is 564. The lowest BCUT2D eigenvalue weighted by Crippen LogP contribution is -2.27. The highest BCUT2D eigenvalue weighted by Gasteiger charge is 2.20. The third-order valence-electron chi connectivity index (χ3n) is 2.93. The molecule has 19 heavy (non-hydrogen) atoms. The van der Waals surface area contributed by atoms with Gasteiger partial charge in [-0.05, 0) is 18.1 Å². The SMILES string of the molecule is CCc1[nH]nc(C(=O)N(C)Cc2cccnc2)c1N. The molecule has 1 amide bonds. The number of aryl methyl sites for hydroxylation is 1. The second kappa shape index (κ2) is 5.51. The van der Waals surface area contributed by atoms with Crippen molar-refractivity contribution < 1.29 is 4.79 Å². The average molecular weight is 259 g/mol. The average Bonchev–Trinajstić information content (AvgIpc) is 2.80. The van der Waals surface area contributed by atoms with Crippen LogP contribution >= 0.6 is 0 Å². The van der Waals surface area contributed by atoms with Crippen LogP contribution in [0.15, 0.2) is 24.5 Å². The Kier molecular flexibility index (Phi) is 3.79. The van der Waals surface area contributed by atoms with Gasteiger partial charge < -0.3 is 10.6 Å². The molecule has 0 aliphatic heterocycles. The number of aromatic amines is 1. The lowest BCUT2D eigenvalue weighted by atomic mass is 10.2. The number of nitrogens with two attached hydrogens (primary N) is 1. The van der Waals surface area contributed by atoms with Crippen LogP contribution in [0, 0.1) is 0 Å². The number of H-pyrrole nitrogens is 1. The predicted molar refractivity (Wildman–Crippen MR) is 72.4 cm³/mol. The van der Waals surface area contributed by atoms with Crippen molar-refractivity contribution in [3.05, 3.63) is 41.5 Å². The zero-order chi connectivity index (χ0) is 13.8.